The van der Waals surface area contributed by atoms with Crippen LogP contribution < -0.4 is 5.73 Å². The van der Waals surface area contributed by atoms with E-state index in [0.29, 0.717) is 16.5 Å². The lowest BCUT2D eigenvalue weighted by Crippen LogP contribution is -2.14. The number of halogens is 1. The Kier molecular flexibility index (Phi) is 3.69. The third-order valence-corrected chi connectivity index (χ3v) is 2.73. The first-order valence-electron chi connectivity index (χ1n) is 5.39. The summed E-state index contributed by atoms with van der Waals surface area (Å²) < 4.78 is 5.54. The highest BCUT2D eigenvalue weighted by atomic mass is 35.5. The fourth-order valence-electron chi connectivity index (χ4n) is 1.64. The number of rotatable bonds is 4. The Morgan fingerprint density at radius 2 is 2.17 bits per heavy atom. The molecule has 5 heteroatoms. The van der Waals surface area contributed by atoms with Crippen LogP contribution in [0.25, 0.3) is 11.3 Å². The molecule has 0 radical (unpaired) electrons. The fraction of sp³-hybridized carbons (Fsp3) is 0.154. The average Bonchev–Trinajstić information content (AvgIpc) is 2.77. The van der Waals surface area contributed by atoms with Gasteiger partial charge in [-0.2, -0.15) is 0 Å². The Morgan fingerprint density at radius 1 is 1.39 bits per heavy atom. The first-order chi connectivity index (χ1) is 8.56. The van der Waals surface area contributed by atoms with Crippen LogP contribution in [0.5, 0.6) is 0 Å². The second-order valence-electron chi connectivity index (χ2n) is 3.92. The molecule has 2 rings (SSSR count). The quantitative estimate of drug-likeness (QED) is 0.891. The summed E-state index contributed by atoms with van der Waals surface area (Å²) in [6.45, 7) is 0. The zero-order chi connectivity index (χ0) is 13.1. The molecule has 0 aliphatic carbocycles. The van der Waals surface area contributed by atoms with Crippen molar-refractivity contribution in [2.45, 2.75) is 12.5 Å². The fourth-order valence-corrected chi connectivity index (χ4v) is 1.83. The van der Waals surface area contributed by atoms with Crippen LogP contribution in [-0.4, -0.2) is 11.1 Å². The number of hydrogen-bond donors (Lipinski definition) is 2. The molecule has 0 saturated carbocycles. The second-order valence-corrected chi connectivity index (χ2v) is 4.35. The molecule has 1 aromatic carbocycles. The lowest BCUT2D eigenvalue weighted by Gasteiger charge is -2.04. The molecule has 0 bridgehead atoms. The summed E-state index contributed by atoms with van der Waals surface area (Å²) in [7, 11) is 0. The normalized spacial score (nSPS) is 12.3. The summed E-state index contributed by atoms with van der Waals surface area (Å²) in [6, 6.07) is 10.0. The molecule has 3 N–H and O–H groups in total. The van der Waals surface area contributed by atoms with Gasteiger partial charge in [-0.1, -0.05) is 23.7 Å². The molecule has 0 amide bonds. The standard InChI is InChI=1S/C13H12ClNO3/c14-9-3-1-2-8(6-9)11-4-5-12(18-11)10(15)7-13(16)17/h1-6,10H,7,15H2,(H,16,17)/t10-/m1/s1. The Morgan fingerprint density at radius 3 is 2.83 bits per heavy atom. The zero-order valence-corrected chi connectivity index (χ0v) is 10.2. The van der Waals surface area contributed by atoms with Gasteiger partial charge in [-0.25, -0.2) is 0 Å². The van der Waals surface area contributed by atoms with E-state index in [1.54, 1.807) is 24.3 Å². The minimum atomic E-state index is -0.955. The molecule has 0 spiro atoms. The van der Waals surface area contributed by atoms with Gasteiger partial charge in [-0.3, -0.25) is 4.79 Å². The maximum Gasteiger partial charge on any atom is 0.305 e. The highest BCUT2D eigenvalue weighted by molar-refractivity contribution is 6.30. The van der Waals surface area contributed by atoms with Crippen LogP contribution in [-0.2, 0) is 4.79 Å². The van der Waals surface area contributed by atoms with Crippen LogP contribution in [0.3, 0.4) is 0 Å². The van der Waals surface area contributed by atoms with Gasteiger partial charge < -0.3 is 15.3 Å². The van der Waals surface area contributed by atoms with Gasteiger partial charge in [0, 0.05) is 10.6 Å². The van der Waals surface area contributed by atoms with Gasteiger partial charge in [0.25, 0.3) is 0 Å². The molecular formula is C13H12ClNO3. The highest BCUT2D eigenvalue weighted by Crippen LogP contribution is 2.27. The molecule has 0 aliphatic rings. The molecule has 1 atom stereocenters. The van der Waals surface area contributed by atoms with E-state index in [1.165, 1.54) is 0 Å². The van der Waals surface area contributed by atoms with E-state index in [9.17, 15) is 4.79 Å². The monoisotopic (exact) mass is 265 g/mol. The molecule has 94 valence electrons. The van der Waals surface area contributed by atoms with Gasteiger partial charge in [-0.15, -0.1) is 0 Å². The van der Waals surface area contributed by atoms with Crippen LogP contribution in [0.1, 0.15) is 18.2 Å². The number of benzene rings is 1. The van der Waals surface area contributed by atoms with Crippen LogP contribution in [0, 0.1) is 0 Å². The van der Waals surface area contributed by atoms with Crippen molar-refractivity contribution in [1.82, 2.24) is 0 Å². The molecule has 4 nitrogen and oxygen atoms in total. The van der Waals surface area contributed by atoms with Gasteiger partial charge in [-0.05, 0) is 24.3 Å². The van der Waals surface area contributed by atoms with Crippen LogP contribution in [0.4, 0.5) is 0 Å². The summed E-state index contributed by atoms with van der Waals surface area (Å²) in [5, 5.41) is 9.28. The Labute approximate surface area is 109 Å². The average molecular weight is 266 g/mol. The Bertz CT molecular complexity index is 565. The zero-order valence-electron chi connectivity index (χ0n) is 9.47. The molecular weight excluding hydrogens is 254 g/mol. The number of carboxylic acids is 1. The van der Waals surface area contributed by atoms with E-state index in [-0.39, 0.29) is 6.42 Å². The van der Waals surface area contributed by atoms with Crippen molar-refractivity contribution >= 4 is 17.6 Å². The maximum absolute atomic E-state index is 10.6. The first kappa shape index (κ1) is 12.7. The largest absolute Gasteiger partial charge is 0.481 e. The second kappa shape index (κ2) is 5.25. The van der Waals surface area contributed by atoms with Gasteiger partial charge in [0.2, 0.25) is 0 Å². The predicted octanol–water partition coefficient (Wildman–Crippen LogP) is 3.07. The molecule has 2 aromatic rings. The third kappa shape index (κ3) is 2.91. The first-order valence-corrected chi connectivity index (χ1v) is 5.77. The summed E-state index contributed by atoms with van der Waals surface area (Å²) in [5.74, 6) is 0.115. The van der Waals surface area contributed by atoms with Crippen LogP contribution in [0.2, 0.25) is 5.02 Å². The molecule has 1 aromatic heterocycles. The van der Waals surface area contributed by atoms with Crippen LogP contribution >= 0.6 is 11.6 Å². The van der Waals surface area contributed by atoms with Gasteiger partial charge in [0.05, 0.1) is 12.5 Å². The van der Waals surface area contributed by atoms with Crippen molar-refractivity contribution in [2.24, 2.45) is 5.73 Å². The van der Waals surface area contributed by atoms with Gasteiger partial charge >= 0.3 is 5.97 Å². The minimum absolute atomic E-state index is 0.164. The van der Waals surface area contributed by atoms with Gasteiger partial charge in [0.15, 0.2) is 0 Å². The van der Waals surface area contributed by atoms with E-state index in [2.05, 4.69) is 0 Å². The molecule has 0 aliphatic heterocycles. The Hall–Kier alpha value is -1.78. The lowest BCUT2D eigenvalue weighted by molar-refractivity contribution is -0.137. The van der Waals surface area contributed by atoms with Gasteiger partial charge in [0.1, 0.15) is 11.5 Å². The molecule has 18 heavy (non-hydrogen) atoms. The van der Waals surface area contributed by atoms with Crippen molar-refractivity contribution in [3.8, 4) is 11.3 Å². The molecule has 1 heterocycles. The van der Waals surface area contributed by atoms with E-state index in [1.807, 2.05) is 12.1 Å². The number of carboxylic acid groups (broad SMARTS) is 1. The van der Waals surface area contributed by atoms with Crippen molar-refractivity contribution in [3.63, 3.8) is 0 Å². The van der Waals surface area contributed by atoms with E-state index >= 15 is 0 Å². The number of nitrogens with two attached hydrogens (primary N) is 1. The summed E-state index contributed by atoms with van der Waals surface area (Å²) in [6.07, 6.45) is -0.164. The van der Waals surface area contributed by atoms with E-state index < -0.39 is 12.0 Å². The van der Waals surface area contributed by atoms with Crippen molar-refractivity contribution < 1.29 is 14.3 Å². The number of aliphatic carboxylic acids is 1. The minimum Gasteiger partial charge on any atom is -0.481 e. The summed E-state index contributed by atoms with van der Waals surface area (Å²) in [5.41, 5.74) is 6.55. The van der Waals surface area contributed by atoms with Crippen molar-refractivity contribution in [2.75, 3.05) is 0 Å². The maximum atomic E-state index is 10.6. The Balaban J connectivity index is 2.22. The van der Waals surface area contributed by atoms with E-state index in [4.69, 9.17) is 26.9 Å². The SMILES string of the molecule is N[C@H](CC(=O)O)c1ccc(-c2cccc(Cl)c2)o1. The molecule has 0 saturated heterocycles. The number of furan rings is 1. The molecule has 0 fully saturated rings. The number of carbonyl (C=O) groups is 1. The summed E-state index contributed by atoms with van der Waals surface area (Å²) in [4.78, 5) is 10.6. The van der Waals surface area contributed by atoms with Crippen molar-refractivity contribution in [3.05, 3.63) is 47.2 Å². The third-order valence-electron chi connectivity index (χ3n) is 2.50. The topological polar surface area (TPSA) is 76.5 Å². The summed E-state index contributed by atoms with van der Waals surface area (Å²) >= 11 is 5.89. The smallest absolute Gasteiger partial charge is 0.305 e. The highest BCUT2D eigenvalue weighted by Gasteiger charge is 2.15. The van der Waals surface area contributed by atoms with Crippen molar-refractivity contribution in [1.29, 1.82) is 0 Å². The number of hydrogen-bond acceptors (Lipinski definition) is 3. The van der Waals surface area contributed by atoms with E-state index in [0.717, 1.165) is 5.56 Å². The molecule has 0 unspecified atom stereocenters. The van der Waals surface area contributed by atoms with Crippen LogP contribution in [0.15, 0.2) is 40.8 Å². The predicted molar refractivity (Wildman–Crippen MR) is 68.3 cm³/mol. The lowest BCUT2D eigenvalue weighted by atomic mass is 10.1.